The Labute approximate surface area is 157 Å². The van der Waals surface area contributed by atoms with Crippen molar-refractivity contribution in [3.8, 4) is 11.5 Å². The van der Waals surface area contributed by atoms with Gasteiger partial charge >= 0.3 is 0 Å². The van der Waals surface area contributed by atoms with Crippen LogP contribution in [0.5, 0.6) is 11.5 Å². The fourth-order valence-electron chi connectivity index (χ4n) is 1.69. The Bertz CT molecular complexity index is 641. The minimum atomic E-state index is 0. The third-order valence-corrected chi connectivity index (χ3v) is 3.00. The van der Waals surface area contributed by atoms with E-state index in [-0.39, 0.29) is 29.9 Å². The minimum Gasteiger partial charge on any atom is -0.495 e. The summed E-state index contributed by atoms with van der Waals surface area (Å²) in [5, 5.41) is 3.45. The first-order valence-corrected chi connectivity index (χ1v) is 7.00. The number of benzene rings is 1. The summed E-state index contributed by atoms with van der Waals surface area (Å²) in [6, 6.07) is 8.91. The van der Waals surface area contributed by atoms with Crippen molar-refractivity contribution in [3.05, 3.63) is 47.7 Å². The van der Waals surface area contributed by atoms with E-state index in [2.05, 4.69) is 15.3 Å². The number of halogens is 2. The molecule has 23 heavy (non-hydrogen) atoms. The standard InChI is InChI=1S/C15H17ClN4O2.HI/c1-21-14-5-4-11(9-13(14)16)20-15(17)19-7-8-22-12-3-2-6-18-10-12;/h2-6,9-10H,7-8H2,1H3,(H3,17,19,20);1H. The van der Waals surface area contributed by atoms with Crippen molar-refractivity contribution in [1.82, 2.24) is 4.98 Å². The van der Waals surface area contributed by atoms with Gasteiger partial charge in [0.2, 0.25) is 0 Å². The van der Waals surface area contributed by atoms with Crippen molar-refractivity contribution in [2.45, 2.75) is 0 Å². The largest absolute Gasteiger partial charge is 0.495 e. The number of hydrogen-bond acceptors (Lipinski definition) is 4. The van der Waals surface area contributed by atoms with Crippen LogP contribution in [0, 0.1) is 0 Å². The summed E-state index contributed by atoms with van der Waals surface area (Å²) in [4.78, 5) is 8.13. The van der Waals surface area contributed by atoms with Gasteiger partial charge in [-0.2, -0.15) is 0 Å². The Hall–Kier alpha value is -1.74. The lowest BCUT2D eigenvalue weighted by molar-refractivity contribution is 0.327. The first-order chi connectivity index (χ1) is 10.7. The average Bonchev–Trinajstić information content (AvgIpc) is 2.53. The van der Waals surface area contributed by atoms with E-state index in [0.29, 0.717) is 29.7 Å². The Balaban J connectivity index is 0.00000264. The molecule has 0 aliphatic heterocycles. The lowest BCUT2D eigenvalue weighted by Gasteiger charge is -2.08. The fourth-order valence-corrected chi connectivity index (χ4v) is 1.95. The molecule has 1 aromatic carbocycles. The van der Waals surface area contributed by atoms with E-state index >= 15 is 0 Å². The maximum absolute atomic E-state index is 6.04. The van der Waals surface area contributed by atoms with Gasteiger partial charge in [-0.25, -0.2) is 4.99 Å². The van der Waals surface area contributed by atoms with Gasteiger partial charge in [-0.3, -0.25) is 4.98 Å². The molecule has 2 aromatic rings. The highest BCUT2D eigenvalue weighted by molar-refractivity contribution is 14.0. The van der Waals surface area contributed by atoms with Crippen LogP contribution in [0.25, 0.3) is 0 Å². The molecule has 0 amide bonds. The fraction of sp³-hybridized carbons (Fsp3) is 0.200. The maximum atomic E-state index is 6.04. The number of anilines is 1. The van der Waals surface area contributed by atoms with Crippen LogP contribution in [-0.2, 0) is 0 Å². The van der Waals surface area contributed by atoms with Gasteiger partial charge < -0.3 is 20.5 Å². The van der Waals surface area contributed by atoms with E-state index in [1.54, 1.807) is 37.7 Å². The predicted octanol–water partition coefficient (Wildman–Crippen LogP) is 3.17. The van der Waals surface area contributed by atoms with Crippen LogP contribution in [-0.4, -0.2) is 31.2 Å². The summed E-state index contributed by atoms with van der Waals surface area (Å²) < 4.78 is 10.5. The number of aromatic nitrogens is 1. The molecule has 8 heteroatoms. The number of rotatable bonds is 6. The molecule has 0 saturated heterocycles. The lowest BCUT2D eigenvalue weighted by atomic mass is 10.3. The topological polar surface area (TPSA) is 81.8 Å². The third-order valence-electron chi connectivity index (χ3n) is 2.70. The Morgan fingerprint density at radius 3 is 2.87 bits per heavy atom. The van der Waals surface area contributed by atoms with Gasteiger partial charge in [0.05, 0.1) is 24.9 Å². The van der Waals surface area contributed by atoms with Crippen LogP contribution in [0.15, 0.2) is 47.7 Å². The lowest BCUT2D eigenvalue weighted by Crippen LogP contribution is -2.23. The van der Waals surface area contributed by atoms with E-state index in [1.165, 1.54) is 0 Å². The summed E-state index contributed by atoms with van der Waals surface area (Å²) >= 11 is 6.04. The molecule has 2 rings (SSSR count). The SMILES string of the molecule is COc1ccc(NC(N)=NCCOc2cccnc2)cc1Cl.I. The molecule has 0 radical (unpaired) electrons. The van der Waals surface area contributed by atoms with Crippen molar-refractivity contribution >= 4 is 47.2 Å². The van der Waals surface area contributed by atoms with E-state index < -0.39 is 0 Å². The smallest absolute Gasteiger partial charge is 0.193 e. The summed E-state index contributed by atoms with van der Waals surface area (Å²) in [6.45, 7) is 0.842. The highest BCUT2D eigenvalue weighted by Crippen LogP contribution is 2.26. The number of aliphatic imine (C=N–C) groups is 1. The van der Waals surface area contributed by atoms with E-state index in [4.69, 9.17) is 26.8 Å². The molecule has 6 nitrogen and oxygen atoms in total. The van der Waals surface area contributed by atoms with Crippen molar-refractivity contribution < 1.29 is 9.47 Å². The zero-order valence-electron chi connectivity index (χ0n) is 12.5. The summed E-state index contributed by atoms with van der Waals surface area (Å²) in [5.41, 5.74) is 6.54. The van der Waals surface area contributed by atoms with Gasteiger partial charge in [0, 0.05) is 11.9 Å². The van der Waals surface area contributed by atoms with Crippen LogP contribution >= 0.6 is 35.6 Å². The number of nitrogens with two attached hydrogens (primary N) is 1. The Morgan fingerprint density at radius 2 is 2.22 bits per heavy atom. The average molecular weight is 449 g/mol. The van der Waals surface area contributed by atoms with Crippen molar-refractivity contribution in [2.75, 3.05) is 25.6 Å². The van der Waals surface area contributed by atoms with Crippen LogP contribution in [0.1, 0.15) is 0 Å². The second-order valence-corrected chi connectivity index (χ2v) is 4.69. The first kappa shape index (κ1) is 19.3. The number of guanidine groups is 1. The van der Waals surface area contributed by atoms with Gasteiger partial charge in [-0.15, -0.1) is 24.0 Å². The first-order valence-electron chi connectivity index (χ1n) is 6.62. The molecule has 0 atom stereocenters. The van der Waals surface area contributed by atoms with Gasteiger partial charge in [-0.05, 0) is 30.3 Å². The van der Waals surface area contributed by atoms with Crippen LogP contribution in [0.3, 0.4) is 0 Å². The molecule has 0 bridgehead atoms. The Kier molecular flexibility index (Phi) is 8.49. The van der Waals surface area contributed by atoms with Crippen LogP contribution in [0.4, 0.5) is 5.69 Å². The zero-order valence-corrected chi connectivity index (χ0v) is 15.6. The molecule has 1 heterocycles. The number of ether oxygens (including phenoxy) is 2. The van der Waals surface area contributed by atoms with E-state index in [0.717, 1.165) is 5.69 Å². The second-order valence-electron chi connectivity index (χ2n) is 4.28. The molecular formula is C15H18ClIN4O2. The molecular weight excluding hydrogens is 431 g/mol. The van der Waals surface area contributed by atoms with Crippen molar-refractivity contribution in [2.24, 2.45) is 10.7 Å². The third kappa shape index (κ3) is 6.49. The molecule has 124 valence electrons. The van der Waals surface area contributed by atoms with Crippen LogP contribution < -0.4 is 20.5 Å². The van der Waals surface area contributed by atoms with Gasteiger partial charge in [0.1, 0.15) is 18.1 Å². The predicted molar refractivity (Wildman–Crippen MR) is 103 cm³/mol. The second kappa shape index (κ2) is 10.1. The maximum Gasteiger partial charge on any atom is 0.193 e. The van der Waals surface area contributed by atoms with Crippen molar-refractivity contribution in [1.29, 1.82) is 0 Å². The highest BCUT2D eigenvalue weighted by atomic mass is 127. The van der Waals surface area contributed by atoms with Gasteiger partial charge in [0.25, 0.3) is 0 Å². The summed E-state index contributed by atoms with van der Waals surface area (Å²) in [7, 11) is 1.56. The minimum absolute atomic E-state index is 0. The quantitative estimate of drug-likeness (QED) is 0.307. The van der Waals surface area contributed by atoms with Crippen LogP contribution in [0.2, 0.25) is 5.02 Å². The summed E-state index contributed by atoms with van der Waals surface area (Å²) in [5.74, 6) is 1.59. The zero-order chi connectivity index (χ0) is 15.8. The van der Waals surface area contributed by atoms with Crippen molar-refractivity contribution in [3.63, 3.8) is 0 Å². The molecule has 0 spiro atoms. The van der Waals surface area contributed by atoms with E-state index in [1.807, 2.05) is 12.1 Å². The number of hydrogen-bond donors (Lipinski definition) is 2. The van der Waals surface area contributed by atoms with Gasteiger partial charge in [-0.1, -0.05) is 11.6 Å². The number of nitrogens with zero attached hydrogens (tertiary/aromatic N) is 2. The Morgan fingerprint density at radius 1 is 1.39 bits per heavy atom. The molecule has 0 aliphatic rings. The van der Waals surface area contributed by atoms with Gasteiger partial charge in [0.15, 0.2) is 5.96 Å². The molecule has 1 aromatic heterocycles. The molecule has 0 saturated carbocycles. The molecule has 3 N–H and O–H groups in total. The molecule has 0 unspecified atom stereocenters. The number of nitrogens with one attached hydrogen (secondary N) is 1. The van der Waals surface area contributed by atoms with E-state index in [9.17, 15) is 0 Å². The number of pyridine rings is 1. The number of methoxy groups -OCH3 is 1. The molecule has 0 fully saturated rings. The summed E-state index contributed by atoms with van der Waals surface area (Å²) in [6.07, 6.45) is 3.33. The monoisotopic (exact) mass is 448 g/mol. The normalized spacial score (nSPS) is 10.6. The molecule has 0 aliphatic carbocycles. The highest BCUT2D eigenvalue weighted by Gasteiger charge is 2.02.